The Morgan fingerprint density at radius 1 is 0.912 bits per heavy atom. The molecular formula is C27H36N2O5. The Hall–Kier alpha value is -3.22. The molecule has 0 bridgehead atoms. The zero-order chi connectivity index (χ0) is 24.3. The van der Waals surface area contributed by atoms with Gasteiger partial charge < -0.3 is 24.8 Å². The first-order valence-corrected chi connectivity index (χ1v) is 12.2. The van der Waals surface area contributed by atoms with Crippen LogP contribution in [0.4, 0.5) is 0 Å². The standard InChI is InChI=1S/C27H36N2O5/c1-3-20-18-22(11-12-23(20)26(28)30)33-16-8-5-9-17-34-24-13-10-21(19-25(24)32-2)27(31)29-14-6-4-7-15-29/h10-13,18-19H,3-9,14-17H2,1-2H3,(H2,28,30). The molecule has 7 heteroatoms. The number of ether oxygens (including phenoxy) is 3. The third kappa shape index (κ3) is 6.89. The molecule has 1 aliphatic rings. The lowest BCUT2D eigenvalue weighted by molar-refractivity contribution is 0.0723. The molecule has 0 saturated carbocycles. The number of carbonyl (C=O) groups excluding carboxylic acids is 2. The van der Waals surface area contributed by atoms with Crippen LogP contribution < -0.4 is 19.9 Å². The number of rotatable bonds is 12. The van der Waals surface area contributed by atoms with Gasteiger partial charge in [0, 0.05) is 24.2 Å². The highest BCUT2D eigenvalue weighted by Crippen LogP contribution is 2.29. The number of benzene rings is 2. The first-order valence-electron chi connectivity index (χ1n) is 12.2. The van der Waals surface area contributed by atoms with Crippen LogP contribution in [0, 0.1) is 0 Å². The maximum Gasteiger partial charge on any atom is 0.253 e. The average molecular weight is 469 g/mol. The van der Waals surface area contributed by atoms with Crippen LogP contribution in [0.1, 0.15) is 71.7 Å². The van der Waals surface area contributed by atoms with Crippen molar-refractivity contribution >= 4 is 11.8 Å². The van der Waals surface area contributed by atoms with Gasteiger partial charge in [0.15, 0.2) is 11.5 Å². The Morgan fingerprint density at radius 3 is 2.32 bits per heavy atom. The number of nitrogens with zero attached hydrogens (tertiary/aromatic N) is 1. The molecule has 7 nitrogen and oxygen atoms in total. The Labute approximate surface area is 202 Å². The Balaban J connectivity index is 1.40. The largest absolute Gasteiger partial charge is 0.494 e. The monoisotopic (exact) mass is 468 g/mol. The van der Waals surface area contributed by atoms with Gasteiger partial charge in [-0.3, -0.25) is 9.59 Å². The summed E-state index contributed by atoms with van der Waals surface area (Å²) in [6.07, 6.45) is 6.77. The van der Waals surface area contributed by atoms with Crippen molar-refractivity contribution in [2.75, 3.05) is 33.4 Å². The van der Waals surface area contributed by atoms with Crippen molar-refractivity contribution < 1.29 is 23.8 Å². The van der Waals surface area contributed by atoms with E-state index in [1.807, 2.05) is 30.0 Å². The van der Waals surface area contributed by atoms with Gasteiger partial charge in [0.2, 0.25) is 5.91 Å². The molecule has 0 aliphatic carbocycles. The van der Waals surface area contributed by atoms with Gasteiger partial charge in [0.05, 0.1) is 20.3 Å². The fourth-order valence-electron chi connectivity index (χ4n) is 4.15. The van der Waals surface area contributed by atoms with Crippen LogP contribution in [0.3, 0.4) is 0 Å². The molecule has 34 heavy (non-hydrogen) atoms. The molecule has 0 radical (unpaired) electrons. The quantitative estimate of drug-likeness (QED) is 0.459. The predicted octanol–water partition coefficient (Wildman–Crippen LogP) is 4.61. The summed E-state index contributed by atoms with van der Waals surface area (Å²) in [5, 5.41) is 0. The lowest BCUT2D eigenvalue weighted by atomic mass is 10.0. The van der Waals surface area contributed by atoms with E-state index < -0.39 is 5.91 Å². The number of carbonyl (C=O) groups is 2. The van der Waals surface area contributed by atoms with E-state index in [9.17, 15) is 9.59 Å². The molecule has 184 valence electrons. The minimum Gasteiger partial charge on any atom is -0.494 e. The summed E-state index contributed by atoms with van der Waals surface area (Å²) < 4.78 is 17.2. The second-order valence-corrected chi connectivity index (χ2v) is 8.51. The van der Waals surface area contributed by atoms with Gasteiger partial charge in [0.1, 0.15) is 5.75 Å². The summed E-state index contributed by atoms with van der Waals surface area (Å²) in [6, 6.07) is 10.8. The van der Waals surface area contributed by atoms with Crippen LogP contribution in [0.25, 0.3) is 0 Å². The summed E-state index contributed by atoms with van der Waals surface area (Å²) in [4.78, 5) is 26.1. The lowest BCUT2D eigenvalue weighted by Gasteiger charge is -2.27. The highest BCUT2D eigenvalue weighted by Gasteiger charge is 2.19. The first-order chi connectivity index (χ1) is 16.5. The molecule has 0 unspecified atom stereocenters. The molecule has 1 aliphatic heterocycles. The maximum atomic E-state index is 12.7. The molecule has 2 aromatic carbocycles. The minimum absolute atomic E-state index is 0.0554. The van der Waals surface area contributed by atoms with E-state index in [0.717, 1.165) is 62.9 Å². The number of aryl methyl sites for hydroxylation is 1. The number of hydrogen-bond donors (Lipinski definition) is 1. The van der Waals surface area contributed by atoms with E-state index in [1.165, 1.54) is 6.42 Å². The molecule has 2 N–H and O–H groups in total. The first kappa shape index (κ1) is 25.4. The van der Waals surface area contributed by atoms with Crippen molar-refractivity contribution in [3.8, 4) is 17.2 Å². The van der Waals surface area contributed by atoms with Crippen LogP contribution in [-0.2, 0) is 6.42 Å². The molecule has 0 spiro atoms. The molecule has 2 aromatic rings. The summed E-state index contributed by atoms with van der Waals surface area (Å²) in [5.41, 5.74) is 7.49. The third-order valence-electron chi connectivity index (χ3n) is 6.09. The molecule has 3 rings (SSSR count). The summed E-state index contributed by atoms with van der Waals surface area (Å²) in [7, 11) is 1.59. The Kier molecular flexibility index (Phi) is 9.62. The smallest absolute Gasteiger partial charge is 0.253 e. The van der Waals surface area contributed by atoms with E-state index in [0.29, 0.717) is 35.8 Å². The van der Waals surface area contributed by atoms with Gasteiger partial charge >= 0.3 is 0 Å². The highest BCUT2D eigenvalue weighted by molar-refractivity contribution is 5.95. The second-order valence-electron chi connectivity index (χ2n) is 8.51. The van der Waals surface area contributed by atoms with E-state index in [1.54, 1.807) is 25.3 Å². The van der Waals surface area contributed by atoms with Gasteiger partial charge in [-0.2, -0.15) is 0 Å². The highest BCUT2D eigenvalue weighted by atomic mass is 16.5. The Morgan fingerprint density at radius 2 is 1.65 bits per heavy atom. The van der Waals surface area contributed by atoms with Crippen molar-refractivity contribution in [2.24, 2.45) is 5.73 Å². The molecule has 1 heterocycles. The number of likely N-dealkylation sites (tertiary alicyclic amines) is 1. The van der Waals surface area contributed by atoms with Crippen molar-refractivity contribution in [1.82, 2.24) is 4.90 Å². The van der Waals surface area contributed by atoms with Crippen LogP contribution in [0.5, 0.6) is 17.2 Å². The summed E-state index contributed by atoms with van der Waals surface area (Å²) in [5.74, 6) is 1.62. The number of methoxy groups -OCH3 is 1. The van der Waals surface area contributed by atoms with Gasteiger partial charge in [-0.25, -0.2) is 0 Å². The SMILES string of the molecule is CCc1cc(OCCCCCOc2ccc(C(=O)N3CCCCC3)cc2OC)ccc1C(N)=O. The van der Waals surface area contributed by atoms with E-state index in [4.69, 9.17) is 19.9 Å². The maximum absolute atomic E-state index is 12.7. The van der Waals surface area contributed by atoms with E-state index in [2.05, 4.69) is 0 Å². The minimum atomic E-state index is -0.414. The number of unbranched alkanes of at least 4 members (excludes halogenated alkanes) is 2. The fourth-order valence-corrected chi connectivity index (χ4v) is 4.15. The van der Waals surface area contributed by atoms with Gasteiger partial charge in [-0.15, -0.1) is 0 Å². The van der Waals surface area contributed by atoms with E-state index >= 15 is 0 Å². The van der Waals surface area contributed by atoms with Crippen molar-refractivity contribution in [2.45, 2.75) is 51.9 Å². The Bertz CT molecular complexity index is 969. The van der Waals surface area contributed by atoms with Crippen LogP contribution in [-0.4, -0.2) is 50.1 Å². The molecular weight excluding hydrogens is 432 g/mol. The summed E-state index contributed by atoms with van der Waals surface area (Å²) >= 11 is 0. The number of nitrogens with two attached hydrogens (primary N) is 1. The summed E-state index contributed by atoms with van der Waals surface area (Å²) in [6.45, 7) is 4.78. The van der Waals surface area contributed by atoms with Gasteiger partial charge in [0.25, 0.3) is 5.91 Å². The fraction of sp³-hybridized carbons (Fsp3) is 0.481. The number of hydrogen-bond acceptors (Lipinski definition) is 5. The average Bonchev–Trinajstić information content (AvgIpc) is 2.87. The number of primary amides is 1. The number of amides is 2. The molecule has 1 fully saturated rings. The topological polar surface area (TPSA) is 91.1 Å². The predicted molar refractivity (Wildman–Crippen MR) is 132 cm³/mol. The lowest BCUT2D eigenvalue weighted by Crippen LogP contribution is -2.35. The molecule has 1 saturated heterocycles. The second kappa shape index (κ2) is 12.9. The number of piperidine rings is 1. The molecule has 0 atom stereocenters. The third-order valence-corrected chi connectivity index (χ3v) is 6.09. The van der Waals surface area contributed by atoms with Crippen LogP contribution in [0.2, 0.25) is 0 Å². The molecule has 2 amide bonds. The zero-order valence-electron chi connectivity index (χ0n) is 20.3. The van der Waals surface area contributed by atoms with Gasteiger partial charge in [-0.1, -0.05) is 6.92 Å². The van der Waals surface area contributed by atoms with Crippen LogP contribution >= 0.6 is 0 Å². The van der Waals surface area contributed by atoms with Crippen molar-refractivity contribution in [3.05, 3.63) is 53.1 Å². The molecule has 0 aromatic heterocycles. The zero-order valence-corrected chi connectivity index (χ0v) is 20.3. The normalized spacial score (nSPS) is 13.4. The van der Waals surface area contributed by atoms with E-state index in [-0.39, 0.29) is 5.91 Å². The van der Waals surface area contributed by atoms with Crippen molar-refractivity contribution in [3.63, 3.8) is 0 Å². The van der Waals surface area contributed by atoms with Crippen molar-refractivity contribution in [1.29, 1.82) is 0 Å². The van der Waals surface area contributed by atoms with Gasteiger partial charge in [-0.05, 0) is 86.9 Å². The van der Waals surface area contributed by atoms with Crippen LogP contribution in [0.15, 0.2) is 36.4 Å².